The molecule has 1 fully saturated rings. The highest BCUT2D eigenvalue weighted by molar-refractivity contribution is 5.75. The summed E-state index contributed by atoms with van der Waals surface area (Å²) in [5.74, 6) is 2.85. The summed E-state index contributed by atoms with van der Waals surface area (Å²) in [4.78, 5) is 13.9. The third kappa shape index (κ3) is 4.46. The van der Waals surface area contributed by atoms with Crippen LogP contribution >= 0.6 is 0 Å². The first-order valence-electron chi connectivity index (χ1n) is 10.2. The van der Waals surface area contributed by atoms with Crippen LogP contribution in [0.5, 0.6) is 11.5 Å². The molecule has 0 unspecified atom stereocenters. The number of hydrogen-bond donors (Lipinski definition) is 1. The number of carbonyl (C=O) groups excluding carboxylic acids is 1. The molecule has 4 atom stereocenters. The highest BCUT2D eigenvalue weighted by atomic mass is 16.5. The zero-order valence-corrected chi connectivity index (χ0v) is 17.2. The van der Waals surface area contributed by atoms with Crippen molar-refractivity contribution < 1.29 is 14.3 Å². The maximum Gasteiger partial charge on any atom is 0.161 e. The molecule has 0 aliphatic carbocycles. The molecule has 5 nitrogen and oxygen atoms in total. The van der Waals surface area contributed by atoms with Gasteiger partial charge in [-0.3, -0.25) is 4.90 Å². The first kappa shape index (κ1) is 20.2. The summed E-state index contributed by atoms with van der Waals surface area (Å²) in [6.07, 6.45) is 4.89. The van der Waals surface area contributed by atoms with E-state index in [2.05, 4.69) is 24.0 Å². The van der Waals surface area contributed by atoms with Gasteiger partial charge in [0.2, 0.25) is 0 Å². The molecule has 2 heterocycles. The number of ether oxygens (including phenoxy) is 2. The van der Waals surface area contributed by atoms with Crippen molar-refractivity contribution in [1.82, 2.24) is 4.90 Å². The maximum absolute atomic E-state index is 11.3. The van der Waals surface area contributed by atoms with Gasteiger partial charge in [0.1, 0.15) is 5.78 Å². The van der Waals surface area contributed by atoms with E-state index >= 15 is 0 Å². The molecule has 0 spiro atoms. The second kappa shape index (κ2) is 8.61. The van der Waals surface area contributed by atoms with E-state index < -0.39 is 0 Å². The van der Waals surface area contributed by atoms with Crippen molar-refractivity contribution in [2.24, 2.45) is 17.6 Å². The Morgan fingerprint density at radius 1 is 1.30 bits per heavy atom. The number of ketones is 1. The van der Waals surface area contributed by atoms with Gasteiger partial charge in [0.25, 0.3) is 0 Å². The van der Waals surface area contributed by atoms with Crippen molar-refractivity contribution in [2.75, 3.05) is 27.3 Å². The fraction of sp³-hybridized carbons (Fsp3) is 0.682. The lowest BCUT2D eigenvalue weighted by molar-refractivity contribution is -0.117. The van der Waals surface area contributed by atoms with Crippen molar-refractivity contribution in [3.05, 3.63) is 23.3 Å². The smallest absolute Gasteiger partial charge is 0.161 e. The first-order chi connectivity index (χ1) is 12.9. The number of piperidine rings is 1. The number of benzene rings is 1. The van der Waals surface area contributed by atoms with Gasteiger partial charge >= 0.3 is 0 Å². The van der Waals surface area contributed by atoms with E-state index in [9.17, 15) is 4.79 Å². The lowest BCUT2D eigenvalue weighted by atomic mass is 9.78. The Morgan fingerprint density at radius 2 is 2.00 bits per heavy atom. The van der Waals surface area contributed by atoms with Crippen molar-refractivity contribution in [3.63, 3.8) is 0 Å². The lowest BCUT2D eigenvalue weighted by Crippen LogP contribution is -2.50. The Hall–Kier alpha value is -1.59. The minimum absolute atomic E-state index is 0.204. The summed E-state index contributed by atoms with van der Waals surface area (Å²) >= 11 is 0. The molecule has 2 N–H and O–H groups in total. The van der Waals surface area contributed by atoms with Crippen LogP contribution in [0.2, 0.25) is 0 Å². The van der Waals surface area contributed by atoms with Crippen molar-refractivity contribution >= 4 is 5.78 Å². The number of rotatable bonds is 7. The van der Waals surface area contributed by atoms with E-state index in [1.165, 1.54) is 11.1 Å². The quantitative estimate of drug-likeness (QED) is 0.793. The Morgan fingerprint density at radius 3 is 2.67 bits per heavy atom. The Labute approximate surface area is 163 Å². The molecule has 1 aromatic carbocycles. The van der Waals surface area contributed by atoms with Crippen LogP contribution in [-0.2, 0) is 11.2 Å². The molecule has 2 aliphatic rings. The maximum atomic E-state index is 11.3. The summed E-state index contributed by atoms with van der Waals surface area (Å²) in [7, 11) is 3.38. The number of hydrogen-bond acceptors (Lipinski definition) is 5. The second-order valence-corrected chi connectivity index (χ2v) is 8.42. The van der Waals surface area contributed by atoms with Gasteiger partial charge in [0.05, 0.1) is 14.2 Å². The topological polar surface area (TPSA) is 64.8 Å². The Bertz CT molecular complexity index is 676. The highest BCUT2D eigenvalue weighted by Gasteiger charge is 2.37. The minimum Gasteiger partial charge on any atom is -0.493 e. The summed E-state index contributed by atoms with van der Waals surface area (Å²) < 4.78 is 11.0. The molecule has 1 saturated heterocycles. The molecule has 0 radical (unpaired) electrons. The molecule has 0 bridgehead atoms. The summed E-state index contributed by atoms with van der Waals surface area (Å²) in [6.45, 7) is 5.98. The van der Waals surface area contributed by atoms with Gasteiger partial charge in [0, 0.05) is 31.6 Å². The van der Waals surface area contributed by atoms with Crippen LogP contribution < -0.4 is 15.2 Å². The number of nitrogens with zero attached hydrogens (tertiary/aromatic N) is 1. The lowest BCUT2D eigenvalue weighted by Gasteiger charge is -2.46. The van der Waals surface area contributed by atoms with Crippen LogP contribution in [0.25, 0.3) is 0 Å². The van der Waals surface area contributed by atoms with Gasteiger partial charge < -0.3 is 20.0 Å². The molecule has 1 aromatic rings. The van der Waals surface area contributed by atoms with Gasteiger partial charge in [-0.05, 0) is 67.7 Å². The molecule has 2 aliphatic heterocycles. The predicted molar refractivity (Wildman–Crippen MR) is 107 cm³/mol. The molecular weight excluding hydrogens is 340 g/mol. The predicted octanol–water partition coefficient (Wildman–Crippen LogP) is 3.35. The van der Waals surface area contributed by atoms with E-state index in [-0.39, 0.29) is 11.8 Å². The standard InChI is InChI=1S/C22H34N2O3/c1-14(9-15(2)25)5-6-17-13-24-8-7-16-10-21(26-3)22(27-4)11-18(16)20(24)12-19(17)23/h10-11,14,17,19-20H,5-9,12-13,23H2,1-4H3/t14-,17-,19-,20-/m0/s1. The van der Waals surface area contributed by atoms with Gasteiger partial charge in [-0.15, -0.1) is 0 Å². The molecule has 3 rings (SSSR count). The van der Waals surface area contributed by atoms with Gasteiger partial charge in [-0.25, -0.2) is 0 Å². The van der Waals surface area contributed by atoms with Crippen LogP contribution in [0.4, 0.5) is 0 Å². The molecule has 27 heavy (non-hydrogen) atoms. The third-order valence-corrected chi connectivity index (χ3v) is 6.35. The monoisotopic (exact) mass is 374 g/mol. The number of methoxy groups -OCH3 is 2. The van der Waals surface area contributed by atoms with Crippen LogP contribution in [0.15, 0.2) is 12.1 Å². The first-order valence-corrected chi connectivity index (χ1v) is 10.2. The van der Waals surface area contributed by atoms with E-state index in [0.717, 1.165) is 50.3 Å². The Balaban J connectivity index is 1.70. The average Bonchev–Trinajstić information content (AvgIpc) is 2.64. The molecule has 5 heteroatoms. The van der Waals surface area contributed by atoms with Crippen molar-refractivity contribution in [2.45, 2.75) is 58.0 Å². The number of fused-ring (bicyclic) bond motifs is 3. The van der Waals surface area contributed by atoms with E-state index in [4.69, 9.17) is 15.2 Å². The van der Waals surface area contributed by atoms with Gasteiger partial charge in [-0.2, -0.15) is 0 Å². The molecule has 150 valence electrons. The normalized spacial score (nSPS) is 26.0. The van der Waals surface area contributed by atoms with E-state index in [1.807, 2.05) is 0 Å². The van der Waals surface area contributed by atoms with Crippen LogP contribution in [0.3, 0.4) is 0 Å². The van der Waals surface area contributed by atoms with Gasteiger partial charge in [0.15, 0.2) is 11.5 Å². The molecule has 0 aromatic heterocycles. The number of Topliss-reactive ketones (excluding diaryl/α,β-unsaturated/α-hetero) is 1. The third-order valence-electron chi connectivity index (χ3n) is 6.35. The number of carbonyl (C=O) groups is 1. The average molecular weight is 375 g/mol. The van der Waals surface area contributed by atoms with E-state index in [0.29, 0.717) is 24.3 Å². The zero-order valence-electron chi connectivity index (χ0n) is 17.2. The van der Waals surface area contributed by atoms with Crippen LogP contribution in [-0.4, -0.2) is 44.0 Å². The molecule has 0 amide bonds. The summed E-state index contributed by atoms with van der Waals surface area (Å²) in [5, 5.41) is 0. The zero-order chi connectivity index (χ0) is 19.6. The second-order valence-electron chi connectivity index (χ2n) is 8.42. The number of nitrogens with two attached hydrogens (primary N) is 1. The van der Waals surface area contributed by atoms with E-state index in [1.54, 1.807) is 21.1 Å². The van der Waals surface area contributed by atoms with Crippen molar-refractivity contribution in [1.29, 1.82) is 0 Å². The fourth-order valence-electron chi connectivity index (χ4n) is 4.86. The molecular formula is C22H34N2O3. The highest BCUT2D eigenvalue weighted by Crippen LogP contribution is 2.43. The van der Waals surface area contributed by atoms with Crippen molar-refractivity contribution in [3.8, 4) is 11.5 Å². The minimum atomic E-state index is 0.204. The SMILES string of the molecule is COc1cc2c(cc1OC)[C@@H]1C[C@H](N)[C@@H](CC[C@H](C)CC(C)=O)CN1CC2. The molecule has 0 saturated carbocycles. The van der Waals surface area contributed by atoms with Crippen LogP contribution in [0.1, 0.15) is 56.7 Å². The summed E-state index contributed by atoms with van der Waals surface area (Å²) in [6, 6.07) is 4.85. The largest absolute Gasteiger partial charge is 0.493 e. The van der Waals surface area contributed by atoms with Gasteiger partial charge in [-0.1, -0.05) is 6.92 Å². The fourth-order valence-corrected chi connectivity index (χ4v) is 4.86. The van der Waals surface area contributed by atoms with Crippen LogP contribution in [0, 0.1) is 11.8 Å². The Kier molecular flexibility index (Phi) is 6.43. The summed E-state index contributed by atoms with van der Waals surface area (Å²) in [5.41, 5.74) is 9.31.